The summed E-state index contributed by atoms with van der Waals surface area (Å²) in [7, 11) is 0. The Morgan fingerprint density at radius 1 is 1.82 bits per heavy atom. The number of carbonyl (C=O) groups is 1. The Morgan fingerprint density at radius 3 is 2.82 bits per heavy atom. The van der Waals surface area contributed by atoms with E-state index >= 15 is 0 Å². The highest BCUT2D eigenvalue weighted by atomic mass is 19.2. The lowest BCUT2D eigenvalue weighted by Gasteiger charge is -2.28. The van der Waals surface area contributed by atoms with Gasteiger partial charge in [-0.15, -0.1) is 0 Å². The summed E-state index contributed by atoms with van der Waals surface area (Å²) >= 11 is 0. The second kappa shape index (κ2) is 2.74. The molecule has 0 aromatic rings. The molecule has 3 heteroatoms. The van der Waals surface area contributed by atoms with E-state index in [2.05, 4.69) is 6.58 Å². The van der Waals surface area contributed by atoms with Crippen LogP contribution in [0.2, 0.25) is 0 Å². The summed E-state index contributed by atoms with van der Waals surface area (Å²) in [5, 5.41) is 0. The van der Waals surface area contributed by atoms with Gasteiger partial charge in [0.2, 0.25) is 0 Å². The van der Waals surface area contributed by atoms with E-state index < -0.39 is 11.6 Å². The lowest BCUT2D eigenvalue weighted by atomic mass is 10.0. The highest BCUT2D eigenvalue weighted by Gasteiger charge is 2.38. The number of ketones is 1. The molecule has 0 aromatic carbocycles. The first-order valence-corrected chi connectivity index (χ1v) is 3.55. The fourth-order valence-electron chi connectivity index (χ4n) is 0.976. The zero-order valence-corrected chi connectivity index (χ0v) is 6.52. The molecule has 1 rings (SSSR count). The van der Waals surface area contributed by atoms with Crippen molar-refractivity contribution in [2.45, 2.75) is 25.6 Å². The molecule has 0 N–H and O–H groups in total. The van der Waals surface area contributed by atoms with Gasteiger partial charge in [0.15, 0.2) is 5.78 Å². The molecule has 0 bridgehead atoms. The largest absolute Gasteiger partial charge is 0.336 e. The summed E-state index contributed by atoms with van der Waals surface area (Å²) in [6.07, 6.45) is 0.650. The Kier molecular flexibility index (Phi) is 2.09. The summed E-state index contributed by atoms with van der Waals surface area (Å²) in [5.74, 6) is -2.59. The van der Waals surface area contributed by atoms with E-state index in [0.717, 1.165) is 5.57 Å². The van der Waals surface area contributed by atoms with Gasteiger partial charge in [-0.05, 0) is 6.42 Å². The molecule has 62 valence electrons. The molecule has 1 aliphatic rings. The van der Waals surface area contributed by atoms with Gasteiger partial charge in [-0.1, -0.05) is 12.2 Å². The average Bonchev–Trinajstić information content (AvgIpc) is 1.95. The van der Waals surface area contributed by atoms with E-state index in [1.165, 1.54) is 6.92 Å². The molecule has 1 fully saturated rings. The van der Waals surface area contributed by atoms with Crippen LogP contribution >= 0.6 is 0 Å². The van der Waals surface area contributed by atoms with Gasteiger partial charge in [-0.3, -0.25) is 4.79 Å². The molecular formula is C8H11FO2. The topological polar surface area (TPSA) is 26.3 Å². The molecule has 0 saturated carbocycles. The van der Waals surface area contributed by atoms with Crippen LogP contribution in [0.3, 0.4) is 0 Å². The van der Waals surface area contributed by atoms with Crippen molar-refractivity contribution in [2.75, 3.05) is 6.61 Å². The van der Waals surface area contributed by atoms with Crippen molar-refractivity contribution in [1.82, 2.24) is 0 Å². The first-order valence-electron chi connectivity index (χ1n) is 3.55. The van der Waals surface area contributed by atoms with Gasteiger partial charge in [-0.2, -0.15) is 0 Å². The molecule has 0 aliphatic carbocycles. The normalized spacial score (nSPS) is 32.0. The number of ether oxygens (including phenoxy) is 1. The smallest absolute Gasteiger partial charge is 0.268 e. The third kappa shape index (κ3) is 1.66. The molecule has 1 saturated heterocycles. The lowest BCUT2D eigenvalue weighted by molar-refractivity contribution is -0.177. The first kappa shape index (κ1) is 8.40. The van der Waals surface area contributed by atoms with E-state index in [1.807, 2.05) is 0 Å². The van der Waals surface area contributed by atoms with Crippen LogP contribution in [-0.2, 0) is 9.53 Å². The fourth-order valence-corrected chi connectivity index (χ4v) is 0.976. The summed E-state index contributed by atoms with van der Waals surface area (Å²) < 4.78 is 18.0. The Labute approximate surface area is 65.0 Å². The summed E-state index contributed by atoms with van der Waals surface area (Å²) in [6, 6.07) is 0. The Balaban J connectivity index is 2.62. The molecule has 1 atom stereocenters. The monoisotopic (exact) mass is 158 g/mol. The molecule has 0 spiro atoms. The molecule has 1 heterocycles. The number of rotatable bonds is 1. The summed E-state index contributed by atoms with van der Waals surface area (Å²) in [4.78, 5) is 10.7. The van der Waals surface area contributed by atoms with Crippen LogP contribution < -0.4 is 0 Å². The number of carbonyl (C=O) groups excluding carboxylic acids is 1. The lowest BCUT2D eigenvalue weighted by Crippen LogP contribution is -2.38. The molecular weight excluding hydrogens is 147 g/mol. The van der Waals surface area contributed by atoms with E-state index in [0.29, 0.717) is 6.42 Å². The summed E-state index contributed by atoms with van der Waals surface area (Å²) in [6.45, 7) is 5.00. The minimum Gasteiger partial charge on any atom is -0.336 e. The molecule has 1 unspecified atom stereocenters. The van der Waals surface area contributed by atoms with Crippen LogP contribution in [0.25, 0.3) is 0 Å². The van der Waals surface area contributed by atoms with E-state index in [1.54, 1.807) is 0 Å². The number of hydrogen-bond acceptors (Lipinski definition) is 2. The van der Waals surface area contributed by atoms with Crippen molar-refractivity contribution in [2.24, 2.45) is 0 Å². The van der Waals surface area contributed by atoms with E-state index in [9.17, 15) is 9.18 Å². The average molecular weight is 158 g/mol. The zero-order chi connectivity index (χ0) is 8.48. The fraction of sp³-hybridized carbons (Fsp3) is 0.625. The van der Waals surface area contributed by atoms with Crippen molar-refractivity contribution in [3.63, 3.8) is 0 Å². The predicted molar refractivity (Wildman–Crippen MR) is 38.8 cm³/mol. The SMILES string of the molecule is C=C1CCC(F)(C(C)=O)OC1. The minimum absolute atomic E-state index is 0.112. The van der Waals surface area contributed by atoms with Gasteiger partial charge < -0.3 is 4.74 Å². The highest BCUT2D eigenvalue weighted by Crippen LogP contribution is 2.28. The second-order valence-electron chi connectivity index (χ2n) is 2.82. The van der Waals surface area contributed by atoms with Crippen LogP contribution in [0.4, 0.5) is 4.39 Å². The minimum atomic E-state index is -2.04. The van der Waals surface area contributed by atoms with Gasteiger partial charge in [0.25, 0.3) is 5.85 Å². The molecule has 2 nitrogen and oxygen atoms in total. The Morgan fingerprint density at radius 2 is 2.45 bits per heavy atom. The first-order chi connectivity index (χ1) is 5.04. The van der Waals surface area contributed by atoms with Crippen molar-refractivity contribution in [3.8, 4) is 0 Å². The number of Topliss-reactive ketones (excluding diaryl/α,β-unsaturated/α-hetero) is 1. The molecule has 0 amide bonds. The van der Waals surface area contributed by atoms with E-state index in [4.69, 9.17) is 4.74 Å². The van der Waals surface area contributed by atoms with Crippen LogP contribution in [0, 0.1) is 0 Å². The maximum absolute atomic E-state index is 13.3. The number of hydrogen-bond donors (Lipinski definition) is 0. The van der Waals surface area contributed by atoms with Crippen LogP contribution in [-0.4, -0.2) is 18.2 Å². The van der Waals surface area contributed by atoms with Gasteiger partial charge in [0, 0.05) is 13.3 Å². The molecule has 11 heavy (non-hydrogen) atoms. The van der Waals surface area contributed by atoms with E-state index in [-0.39, 0.29) is 13.0 Å². The molecule has 0 aromatic heterocycles. The van der Waals surface area contributed by atoms with Gasteiger partial charge in [0.05, 0.1) is 6.61 Å². The van der Waals surface area contributed by atoms with Crippen molar-refractivity contribution in [1.29, 1.82) is 0 Å². The quantitative estimate of drug-likeness (QED) is 0.542. The zero-order valence-electron chi connectivity index (χ0n) is 6.52. The Hall–Kier alpha value is -0.700. The standard InChI is InChI=1S/C8H11FO2/c1-6-3-4-8(9,7(2)10)11-5-6/h1,3-5H2,2H3. The van der Waals surface area contributed by atoms with Crippen molar-refractivity contribution in [3.05, 3.63) is 12.2 Å². The van der Waals surface area contributed by atoms with Crippen molar-refractivity contribution >= 4 is 5.78 Å². The van der Waals surface area contributed by atoms with Crippen LogP contribution in [0.1, 0.15) is 19.8 Å². The number of alkyl halides is 1. The maximum atomic E-state index is 13.3. The highest BCUT2D eigenvalue weighted by molar-refractivity contribution is 5.83. The summed E-state index contributed by atoms with van der Waals surface area (Å²) in [5.41, 5.74) is 0.847. The van der Waals surface area contributed by atoms with Gasteiger partial charge >= 0.3 is 0 Å². The predicted octanol–water partition coefficient (Wildman–Crippen LogP) is 1.61. The third-order valence-electron chi connectivity index (χ3n) is 1.83. The maximum Gasteiger partial charge on any atom is 0.268 e. The second-order valence-corrected chi connectivity index (χ2v) is 2.82. The Bertz CT molecular complexity index is 188. The van der Waals surface area contributed by atoms with Gasteiger partial charge in [0.1, 0.15) is 0 Å². The van der Waals surface area contributed by atoms with Crippen molar-refractivity contribution < 1.29 is 13.9 Å². The molecule has 1 aliphatic heterocycles. The molecule has 0 radical (unpaired) electrons. The third-order valence-corrected chi connectivity index (χ3v) is 1.83. The van der Waals surface area contributed by atoms with Gasteiger partial charge in [-0.25, -0.2) is 4.39 Å². The van der Waals surface area contributed by atoms with Crippen LogP contribution in [0.15, 0.2) is 12.2 Å². The number of halogens is 1. The van der Waals surface area contributed by atoms with Crippen LogP contribution in [0.5, 0.6) is 0 Å².